The topological polar surface area (TPSA) is 85.8 Å². The van der Waals surface area contributed by atoms with E-state index in [2.05, 4.69) is 15.6 Å². The predicted molar refractivity (Wildman–Crippen MR) is 67.5 cm³/mol. The summed E-state index contributed by atoms with van der Waals surface area (Å²) < 4.78 is 1.40. The van der Waals surface area contributed by atoms with E-state index < -0.39 is 0 Å². The van der Waals surface area contributed by atoms with Gasteiger partial charge in [0.25, 0.3) is 0 Å². The molecule has 0 radical (unpaired) electrons. The molecule has 0 atom stereocenters. The molecule has 6 nitrogen and oxygen atoms in total. The number of aromatic nitrogens is 3. The summed E-state index contributed by atoms with van der Waals surface area (Å²) in [4.78, 5) is 11.6. The van der Waals surface area contributed by atoms with Gasteiger partial charge in [0.05, 0.1) is 6.20 Å². The lowest BCUT2D eigenvalue weighted by Gasteiger charge is -2.05. The summed E-state index contributed by atoms with van der Waals surface area (Å²) in [6.45, 7) is 2.65. The molecule has 1 heterocycles. The van der Waals surface area contributed by atoms with Crippen LogP contribution in [0.3, 0.4) is 0 Å². The zero-order valence-electron chi connectivity index (χ0n) is 10.1. The fourth-order valence-corrected chi connectivity index (χ4v) is 1.50. The summed E-state index contributed by atoms with van der Waals surface area (Å²) in [5, 5.41) is 10.1. The smallest absolute Gasteiger partial charge is 0.242 e. The number of carbonyl (C=O) groups is 1. The molecule has 6 heteroatoms. The minimum atomic E-state index is -0.125. The summed E-state index contributed by atoms with van der Waals surface area (Å²) in [5.41, 5.74) is 7.67. The minimum absolute atomic E-state index is 0.121. The van der Waals surface area contributed by atoms with Gasteiger partial charge in [-0.05, 0) is 12.5 Å². The third kappa shape index (κ3) is 3.31. The standard InChI is InChI=1S/C12H15N5O/c1-9-2-4-10(5-3-9)6-14-12(18)8-17-7-11(13)15-16-17/h2-5,7H,6,8,13H2,1H3,(H,14,18). The molecule has 0 bridgehead atoms. The van der Waals surface area contributed by atoms with Gasteiger partial charge in [-0.2, -0.15) is 0 Å². The maximum Gasteiger partial charge on any atom is 0.242 e. The number of nitrogen functional groups attached to an aromatic ring is 1. The van der Waals surface area contributed by atoms with Crippen molar-refractivity contribution in [3.8, 4) is 0 Å². The highest BCUT2D eigenvalue weighted by Gasteiger charge is 2.04. The summed E-state index contributed by atoms with van der Waals surface area (Å²) in [5.74, 6) is 0.182. The molecule has 1 amide bonds. The molecule has 0 aliphatic rings. The number of anilines is 1. The molecule has 2 rings (SSSR count). The quantitative estimate of drug-likeness (QED) is 0.820. The third-order valence-corrected chi connectivity index (χ3v) is 2.47. The third-order valence-electron chi connectivity index (χ3n) is 2.47. The molecular formula is C12H15N5O. The maximum absolute atomic E-state index is 11.6. The van der Waals surface area contributed by atoms with Crippen LogP contribution in [0.4, 0.5) is 5.82 Å². The van der Waals surface area contributed by atoms with Gasteiger partial charge in [0, 0.05) is 6.54 Å². The highest BCUT2D eigenvalue weighted by molar-refractivity contribution is 5.75. The number of nitrogens with one attached hydrogen (secondary N) is 1. The second-order valence-electron chi connectivity index (χ2n) is 4.10. The lowest BCUT2D eigenvalue weighted by Crippen LogP contribution is -2.27. The van der Waals surface area contributed by atoms with Crippen LogP contribution in [0.2, 0.25) is 0 Å². The Morgan fingerprint density at radius 2 is 2.11 bits per heavy atom. The van der Waals surface area contributed by atoms with Gasteiger partial charge in [0.1, 0.15) is 6.54 Å². The number of benzene rings is 1. The first-order chi connectivity index (χ1) is 8.63. The van der Waals surface area contributed by atoms with Crippen molar-refractivity contribution in [3.05, 3.63) is 41.6 Å². The van der Waals surface area contributed by atoms with E-state index in [0.717, 1.165) is 5.56 Å². The van der Waals surface area contributed by atoms with Gasteiger partial charge in [0.15, 0.2) is 5.82 Å². The Kier molecular flexibility index (Phi) is 3.57. The maximum atomic E-state index is 11.6. The Morgan fingerprint density at radius 1 is 1.39 bits per heavy atom. The Hall–Kier alpha value is -2.37. The van der Waals surface area contributed by atoms with E-state index in [0.29, 0.717) is 12.4 Å². The van der Waals surface area contributed by atoms with Crippen LogP contribution in [0.1, 0.15) is 11.1 Å². The van der Waals surface area contributed by atoms with Crippen LogP contribution in [0, 0.1) is 6.92 Å². The van der Waals surface area contributed by atoms with Crippen LogP contribution in [0.5, 0.6) is 0 Å². The lowest BCUT2D eigenvalue weighted by atomic mass is 10.1. The molecule has 94 valence electrons. The van der Waals surface area contributed by atoms with Crippen molar-refractivity contribution in [2.75, 3.05) is 5.73 Å². The molecule has 2 aromatic rings. The minimum Gasteiger partial charge on any atom is -0.381 e. The zero-order valence-corrected chi connectivity index (χ0v) is 10.1. The van der Waals surface area contributed by atoms with E-state index in [1.807, 2.05) is 31.2 Å². The fourth-order valence-electron chi connectivity index (χ4n) is 1.50. The van der Waals surface area contributed by atoms with Gasteiger partial charge < -0.3 is 11.1 Å². The van der Waals surface area contributed by atoms with Crippen molar-refractivity contribution in [3.63, 3.8) is 0 Å². The second-order valence-corrected chi connectivity index (χ2v) is 4.10. The number of rotatable bonds is 4. The molecule has 0 aliphatic carbocycles. The summed E-state index contributed by atoms with van der Waals surface area (Å²) in [6.07, 6.45) is 1.52. The Balaban J connectivity index is 1.83. The Morgan fingerprint density at radius 3 is 2.72 bits per heavy atom. The van der Waals surface area contributed by atoms with E-state index in [1.165, 1.54) is 16.4 Å². The summed E-state index contributed by atoms with van der Waals surface area (Å²) in [6, 6.07) is 8.01. The molecule has 0 saturated carbocycles. The first-order valence-electron chi connectivity index (χ1n) is 5.61. The van der Waals surface area contributed by atoms with Gasteiger partial charge in [-0.1, -0.05) is 35.0 Å². The Labute approximate surface area is 105 Å². The van der Waals surface area contributed by atoms with E-state index in [4.69, 9.17) is 5.73 Å². The highest BCUT2D eigenvalue weighted by Crippen LogP contribution is 2.02. The number of amides is 1. The van der Waals surface area contributed by atoms with Gasteiger partial charge >= 0.3 is 0 Å². The number of aryl methyl sites for hydroxylation is 1. The zero-order chi connectivity index (χ0) is 13.0. The predicted octanol–water partition coefficient (Wildman–Crippen LogP) is 0.485. The molecule has 3 N–H and O–H groups in total. The van der Waals surface area contributed by atoms with Crippen LogP contribution in [-0.2, 0) is 17.9 Å². The number of hydrogen-bond acceptors (Lipinski definition) is 4. The van der Waals surface area contributed by atoms with E-state index >= 15 is 0 Å². The van der Waals surface area contributed by atoms with Gasteiger partial charge in [-0.25, -0.2) is 4.68 Å². The molecule has 0 unspecified atom stereocenters. The normalized spacial score (nSPS) is 10.3. The molecule has 0 spiro atoms. The molecular weight excluding hydrogens is 230 g/mol. The first kappa shape index (κ1) is 12.1. The van der Waals surface area contributed by atoms with Crippen molar-refractivity contribution < 1.29 is 4.79 Å². The van der Waals surface area contributed by atoms with Gasteiger partial charge in [0.2, 0.25) is 5.91 Å². The number of hydrogen-bond donors (Lipinski definition) is 2. The average molecular weight is 245 g/mol. The fraction of sp³-hybridized carbons (Fsp3) is 0.250. The van der Waals surface area contributed by atoms with Crippen LogP contribution < -0.4 is 11.1 Å². The van der Waals surface area contributed by atoms with Gasteiger partial charge in [-0.3, -0.25) is 4.79 Å². The van der Waals surface area contributed by atoms with E-state index in [-0.39, 0.29) is 12.5 Å². The van der Waals surface area contributed by atoms with Crippen molar-refractivity contribution in [1.82, 2.24) is 20.3 Å². The SMILES string of the molecule is Cc1ccc(CNC(=O)Cn2cc(N)nn2)cc1. The molecule has 0 aliphatic heterocycles. The average Bonchev–Trinajstić information content (AvgIpc) is 2.74. The molecule has 1 aromatic carbocycles. The molecule has 0 fully saturated rings. The van der Waals surface area contributed by atoms with Crippen molar-refractivity contribution in [2.45, 2.75) is 20.0 Å². The molecule has 1 aromatic heterocycles. The second kappa shape index (κ2) is 5.31. The summed E-state index contributed by atoms with van der Waals surface area (Å²) in [7, 11) is 0. The number of nitrogens with zero attached hydrogens (tertiary/aromatic N) is 3. The van der Waals surface area contributed by atoms with Crippen molar-refractivity contribution in [1.29, 1.82) is 0 Å². The molecule has 0 saturated heterocycles. The molecule has 18 heavy (non-hydrogen) atoms. The van der Waals surface area contributed by atoms with Crippen LogP contribution in [0.15, 0.2) is 30.5 Å². The van der Waals surface area contributed by atoms with Crippen LogP contribution in [0.25, 0.3) is 0 Å². The van der Waals surface area contributed by atoms with Crippen molar-refractivity contribution in [2.24, 2.45) is 0 Å². The highest BCUT2D eigenvalue weighted by atomic mass is 16.2. The Bertz CT molecular complexity index is 532. The van der Waals surface area contributed by atoms with E-state index in [1.54, 1.807) is 0 Å². The van der Waals surface area contributed by atoms with Crippen LogP contribution >= 0.6 is 0 Å². The lowest BCUT2D eigenvalue weighted by molar-refractivity contribution is -0.122. The number of nitrogens with two attached hydrogens (primary N) is 1. The largest absolute Gasteiger partial charge is 0.381 e. The summed E-state index contributed by atoms with van der Waals surface area (Å²) >= 11 is 0. The van der Waals surface area contributed by atoms with E-state index in [9.17, 15) is 4.79 Å². The van der Waals surface area contributed by atoms with Crippen molar-refractivity contribution >= 4 is 11.7 Å². The first-order valence-corrected chi connectivity index (χ1v) is 5.61. The monoisotopic (exact) mass is 245 g/mol. The van der Waals surface area contributed by atoms with Crippen LogP contribution in [-0.4, -0.2) is 20.9 Å². The number of carbonyl (C=O) groups excluding carboxylic acids is 1. The van der Waals surface area contributed by atoms with Gasteiger partial charge in [-0.15, -0.1) is 5.10 Å².